The molecule has 2 aromatic carbocycles. The molecule has 0 amide bonds. The van der Waals surface area contributed by atoms with Gasteiger partial charge < -0.3 is 4.74 Å². The number of aryl methyl sites for hydroxylation is 1. The van der Waals surface area contributed by atoms with E-state index in [9.17, 15) is 17.6 Å². The molecule has 0 saturated heterocycles. The third kappa shape index (κ3) is 5.90. The van der Waals surface area contributed by atoms with Crippen LogP contribution >= 0.6 is 0 Å². The Morgan fingerprint density at radius 1 is 1.00 bits per heavy atom. The van der Waals surface area contributed by atoms with Crippen LogP contribution in [0, 0.1) is 5.82 Å². The largest absolute Gasteiger partial charge is 0.573 e. The fourth-order valence-corrected chi connectivity index (χ4v) is 2.75. The Morgan fingerprint density at radius 3 is 2.23 bits per heavy atom. The maximum Gasteiger partial charge on any atom is 0.573 e. The maximum absolute atomic E-state index is 14.0. The predicted molar refractivity (Wildman–Crippen MR) is 96.3 cm³/mol. The van der Waals surface area contributed by atoms with Gasteiger partial charge in [0.25, 0.3) is 0 Å². The van der Waals surface area contributed by atoms with Gasteiger partial charge in [-0.3, -0.25) is 0 Å². The van der Waals surface area contributed by atoms with Gasteiger partial charge >= 0.3 is 6.36 Å². The highest BCUT2D eigenvalue weighted by atomic mass is 19.4. The van der Waals surface area contributed by atoms with E-state index in [1.54, 1.807) is 0 Å². The molecule has 0 aliphatic rings. The number of hydrogen-bond donors (Lipinski definition) is 0. The number of benzene rings is 2. The first-order chi connectivity index (χ1) is 12.3. The van der Waals surface area contributed by atoms with E-state index < -0.39 is 17.9 Å². The van der Waals surface area contributed by atoms with Gasteiger partial charge in [0, 0.05) is 0 Å². The van der Waals surface area contributed by atoms with Crippen LogP contribution in [-0.2, 0) is 6.42 Å². The summed E-state index contributed by atoms with van der Waals surface area (Å²) >= 11 is 0. The SMILES string of the molecule is CCCC(=Cc1ccc(CCC)cc1)c1ccc(OC(F)(F)F)c(F)c1. The fourth-order valence-electron chi connectivity index (χ4n) is 2.75. The summed E-state index contributed by atoms with van der Waals surface area (Å²) in [6.45, 7) is 4.11. The van der Waals surface area contributed by atoms with Crippen LogP contribution in [0.2, 0.25) is 0 Å². The lowest BCUT2D eigenvalue weighted by molar-refractivity contribution is -0.275. The van der Waals surface area contributed by atoms with Crippen LogP contribution in [0.15, 0.2) is 42.5 Å². The van der Waals surface area contributed by atoms with Gasteiger partial charge in [-0.2, -0.15) is 0 Å². The lowest BCUT2D eigenvalue weighted by Crippen LogP contribution is -2.18. The molecule has 0 spiro atoms. The van der Waals surface area contributed by atoms with Crippen LogP contribution in [-0.4, -0.2) is 6.36 Å². The summed E-state index contributed by atoms with van der Waals surface area (Å²) < 4.78 is 54.5. The first kappa shape index (κ1) is 20.0. The number of rotatable bonds is 7. The van der Waals surface area contributed by atoms with Crippen molar-refractivity contribution in [3.05, 3.63) is 65.0 Å². The summed E-state index contributed by atoms with van der Waals surface area (Å²) in [5.74, 6) is -1.85. The molecule has 0 aromatic heterocycles. The van der Waals surface area contributed by atoms with Crippen LogP contribution in [0.4, 0.5) is 17.6 Å². The molecular formula is C21H22F4O. The molecular weight excluding hydrogens is 344 g/mol. The van der Waals surface area contributed by atoms with Gasteiger partial charge in [-0.25, -0.2) is 4.39 Å². The molecule has 2 rings (SSSR count). The Bertz CT molecular complexity index is 746. The molecule has 5 heteroatoms. The monoisotopic (exact) mass is 366 g/mol. The van der Waals surface area contributed by atoms with Gasteiger partial charge in [0.1, 0.15) is 0 Å². The molecule has 0 saturated carbocycles. The Kier molecular flexibility index (Phi) is 6.83. The summed E-state index contributed by atoms with van der Waals surface area (Å²) in [6.07, 6.45) is 0.639. The van der Waals surface area contributed by atoms with Crippen LogP contribution in [0.25, 0.3) is 11.6 Å². The quantitative estimate of drug-likeness (QED) is 0.378. The molecule has 2 aromatic rings. The minimum atomic E-state index is -4.91. The highest BCUT2D eigenvalue weighted by Gasteiger charge is 2.32. The molecule has 0 radical (unpaired) electrons. The first-order valence-electron chi connectivity index (χ1n) is 8.67. The predicted octanol–water partition coefficient (Wildman–Crippen LogP) is 7.02. The molecule has 0 aliphatic heterocycles. The van der Waals surface area contributed by atoms with Gasteiger partial charge in [0.15, 0.2) is 11.6 Å². The molecule has 1 nitrogen and oxygen atoms in total. The van der Waals surface area contributed by atoms with E-state index in [4.69, 9.17) is 0 Å². The van der Waals surface area contributed by atoms with E-state index in [-0.39, 0.29) is 0 Å². The molecule has 0 N–H and O–H groups in total. The smallest absolute Gasteiger partial charge is 0.403 e. The lowest BCUT2D eigenvalue weighted by atomic mass is 9.97. The molecule has 0 unspecified atom stereocenters. The van der Waals surface area contributed by atoms with Crippen LogP contribution in [0.1, 0.15) is 49.8 Å². The molecule has 0 aliphatic carbocycles. The fraction of sp³-hybridized carbons (Fsp3) is 0.333. The highest BCUT2D eigenvalue weighted by molar-refractivity contribution is 5.81. The first-order valence-corrected chi connectivity index (χ1v) is 8.67. The Morgan fingerprint density at radius 2 is 1.69 bits per heavy atom. The third-order valence-electron chi connectivity index (χ3n) is 3.91. The van der Waals surface area contributed by atoms with E-state index in [1.165, 1.54) is 11.6 Å². The molecule has 26 heavy (non-hydrogen) atoms. The van der Waals surface area contributed by atoms with E-state index in [1.807, 2.05) is 25.1 Å². The van der Waals surface area contributed by atoms with E-state index in [0.717, 1.165) is 42.5 Å². The number of hydrogen-bond acceptors (Lipinski definition) is 1. The molecule has 140 valence electrons. The van der Waals surface area contributed by atoms with Crippen LogP contribution < -0.4 is 4.74 Å². The van der Waals surface area contributed by atoms with Crippen LogP contribution in [0.3, 0.4) is 0 Å². The minimum absolute atomic E-state index is 0.552. The van der Waals surface area contributed by atoms with Crippen molar-refractivity contribution < 1.29 is 22.3 Å². The average molecular weight is 366 g/mol. The van der Waals surface area contributed by atoms with E-state index >= 15 is 0 Å². The van der Waals surface area contributed by atoms with E-state index in [0.29, 0.717) is 12.0 Å². The number of halogens is 4. The zero-order chi connectivity index (χ0) is 19.2. The standard InChI is InChI=1S/C21H22F4O/c1-3-5-15-7-9-16(10-8-15)13-17(6-4-2)18-11-12-20(19(22)14-18)26-21(23,24)25/h7-14H,3-6H2,1-2H3. The van der Waals surface area contributed by atoms with Gasteiger partial charge in [0.2, 0.25) is 0 Å². The highest BCUT2D eigenvalue weighted by Crippen LogP contribution is 2.30. The number of alkyl halides is 3. The van der Waals surface area contributed by atoms with E-state index in [2.05, 4.69) is 23.8 Å². The number of allylic oxidation sites excluding steroid dienone is 1. The average Bonchev–Trinajstić information content (AvgIpc) is 2.57. The topological polar surface area (TPSA) is 9.23 Å². The van der Waals surface area contributed by atoms with Crippen molar-refractivity contribution in [3.63, 3.8) is 0 Å². The second kappa shape index (κ2) is 8.88. The van der Waals surface area contributed by atoms with Crippen molar-refractivity contribution in [2.75, 3.05) is 0 Å². The van der Waals surface area contributed by atoms with Gasteiger partial charge in [-0.15, -0.1) is 13.2 Å². The van der Waals surface area contributed by atoms with Gasteiger partial charge in [-0.1, -0.05) is 63.1 Å². The maximum atomic E-state index is 14.0. The second-order valence-electron chi connectivity index (χ2n) is 6.10. The van der Waals surface area contributed by atoms with Crippen molar-refractivity contribution >= 4 is 11.6 Å². The van der Waals surface area contributed by atoms with Gasteiger partial charge in [0.05, 0.1) is 0 Å². The Hall–Kier alpha value is -2.30. The summed E-state index contributed by atoms with van der Waals surface area (Å²) in [5.41, 5.74) is 3.65. The third-order valence-corrected chi connectivity index (χ3v) is 3.91. The second-order valence-corrected chi connectivity index (χ2v) is 6.10. The Balaban J connectivity index is 2.29. The van der Waals surface area contributed by atoms with Crippen molar-refractivity contribution in [1.82, 2.24) is 0 Å². The van der Waals surface area contributed by atoms with Crippen molar-refractivity contribution in [1.29, 1.82) is 0 Å². The Labute approximate surface area is 151 Å². The van der Waals surface area contributed by atoms with Crippen molar-refractivity contribution in [2.24, 2.45) is 0 Å². The molecule has 0 atom stereocenters. The number of ether oxygens (including phenoxy) is 1. The van der Waals surface area contributed by atoms with Crippen molar-refractivity contribution in [3.8, 4) is 5.75 Å². The summed E-state index contributed by atoms with van der Waals surface area (Å²) in [5, 5.41) is 0. The minimum Gasteiger partial charge on any atom is -0.403 e. The zero-order valence-electron chi connectivity index (χ0n) is 14.9. The summed E-state index contributed by atoms with van der Waals surface area (Å²) in [6, 6.07) is 11.7. The van der Waals surface area contributed by atoms with Crippen molar-refractivity contribution in [2.45, 2.75) is 45.9 Å². The summed E-state index contributed by atoms with van der Waals surface area (Å²) in [4.78, 5) is 0. The zero-order valence-corrected chi connectivity index (χ0v) is 14.9. The molecule has 0 bridgehead atoms. The van der Waals surface area contributed by atoms with Gasteiger partial charge in [-0.05, 0) is 47.2 Å². The molecule has 0 fully saturated rings. The normalized spacial score (nSPS) is 12.3. The lowest BCUT2D eigenvalue weighted by Gasteiger charge is -2.12. The summed E-state index contributed by atoms with van der Waals surface area (Å²) in [7, 11) is 0. The molecule has 0 heterocycles. The van der Waals surface area contributed by atoms with Crippen LogP contribution in [0.5, 0.6) is 5.75 Å².